The van der Waals surface area contributed by atoms with Crippen LogP contribution in [0, 0.1) is 0 Å². The number of halogens is 4. The maximum Gasteiger partial charge on any atom is 0.0844 e. The van der Waals surface area contributed by atoms with Crippen molar-refractivity contribution in [2.45, 2.75) is 9.15 Å². The van der Waals surface area contributed by atoms with Crippen molar-refractivity contribution in [1.82, 2.24) is 0 Å². The molecule has 2 N–H and O–H groups in total. The summed E-state index contributed by atoms with van der Waals surface area (Å²) in [7, 11) is 0. The van der Waals surface area contributed by atoms with E-state index in [1.807, 2.05) is 6.08 Å². The number of alkyl halides is 2. The van der Waals surface area contributed by atoms with Gasteiger partial charge in [0.25, 0.3) is 0 Å². The fourth-order valence-electron chi connectivity index (χ4n) is 1.18. The molecule has 0 heterocycles. The van der Waals surface area contributed by atoms with Gasteiger partial charge in [0.05, 0.1) is 22.4 Å². The lowest BCUT2D eigenvalue weighted by Crippen LogP contribution is -2.38. The van der Waals surface area contributed by atoms with E-state index in [-0.39, 0.29) is 18.0 Å². The van der Waals surface area contributed by atoms with Crippen molar-refractivity contribution in [3.63, 3.8) is 0 Å². The Bertz CT molecular complexity index is 300. The Morgan fingerprint density at radius 2 is 1.93 bits per heavy atom. The van der Waals surface area contributed by atoms with E-state index in [0.717, 1.165) is 14.5 Å². The van der Waals surface area contributed by atoms with E-state index in [9.17, 15) is 10.2 Å². The maximum atomic E-state index is 9.28. The maximum absolute atomic E-state index is 9.28. The van der Waals surface area contributed by atoms with Crippen molar-refractivity contribution in [3.8, 4) is 0 Å². The van der Waals surface area contributed by atoms with E-state index in [4.69, 9.17) is 0 Å². The molecule has 2 unspecified atom stereocenters. The average molecular weight is 456 g/mol. The Morgan fingerprint density at radius 3 is 2.36 bits per heavy atom. The van der Waals surface area contributed by atoms with Crippen LogP contribution in [0.5, 0.6) is 0 Å². The van der Waals surface area contributed by atoms with Crippen LogP contribution in [0.4, 0.5) is 0 Å². The topological polar surface area (TPSA) is 40.5 Å². The van der Waals surface area contributed by atoms with Gasteiger partial charge in [-0.1, -0.05) is 31.9 Å². The zero-order chi connectivity index (χ0) is 10.9. The zero-order valence-electron chi connectivity index (χ0n) is 6.98. The van der Waals surface area contributed by atoms with Crippen LogP contribution in [0.1, 0.15) is 0 Å². The van der Waals surface area contributed by atoms with Gasteiger partial charge in [-0.2, -0.15) is 0 Å². The van der Waals surface area contributed by atoms with Gasteiger partial charge in [-0.3, -0.25) is 0 Å². The molecule has 0 fully saturated rings. The molecule has 0 spiro atoms. The van der Waals surface area contributed by atoms with Gasteiger partial charge in [-0.05, 0) is 43.5 Å². The predicted octanol–water partition coefficient (Wildman–Crippen LogP) is 2.81. The Labute approximate surface area is 116 Å². The predicted molar refractivity (Wildman–Crippen MR) is 71.5 cm³/mol. The first kappa shape index (κ1) is 13.4. The fraction of sp³-hybridized carbons (Fsp3) is 0.500. The molecule has 2 atom stereocenters. The molecule has 0 radical (unpaired) electrons. The molecule has 1 rings (SSSR count). The first-order valence-electron chi connectivity index (χ1n) is 3.78. The quantitative estimate of drug-likeness (QED) is 0.629. The van der Waals surface area contributed by atoms with Gasteiger partial charge < -0.3 is 10.2 Å². The largest absolute Gasteiger partial charge is 0.395 e. The van der Waals surface area contributed by atoms with Gasteiger partial charge in [0.2, 0.25) is 0 Å². The van der Waals surface area contributed by atoms with Gasteiger partial charge in [-0.15, -0.1) is 0 Å². The van der Waals surface area contributed by atoms with Crippen molar-refractivity contribution in [2.75, 3.05) is 13.2 Å². The van der Waals surface area contributed by atoms with Gasteiger partial charge in [0.15, 0.2) is 0 Å². The molecule has 0 amide bonds. The molecule has 0 saturated carbocycles. The summed E-state index contributed by atoms with van der Waals surface area (Å²) in [5.41, 5.74) is 0.797. The highest BCUT2D eigenvalue weighted by Crippen LogP contribution is 2.45. The van der Waals surface area contributed by atoms with Crippen LogP contribution in [0.25, 0.3) is 0 Å². The molecule has 1 aliphatic rings. The van der Waals surface area contributed by atoms with Crippen molar-refractivity contribution in [1.29, 1.82) is 0 Å². The lowest BCUT2D eigenvalue weighted by molar-refractivity contribution is 0.266. The minimum absolute atomic E-state index is 0.0538. The smallest absolute Gasteiger partial charge is 0.0844 e. The van der Waals surface area contributed by atoms with Crippen LogP contribution in [0.2, 0.25) is 0 Å². The van der Waals surface area contributed by atoms with Crippen LogP contribution in [-0.4, -0.2) is 32.6 Å². The lowest BCUT2D eigenvalue weighted by Gasteiger charge is -2.33. The van der Waals surface area contributed by atoms with Crippen molar-refractivity contribution in [2.24, 2.45) is 0 Å². The highest BCUT2D eigenvalue weighted by Gasteiger charge is 2.39. The number of rotatable bonds is 2. The molecule has 0 aromatic rings. The third-order valence-electron chi connectivity index (χ3n) is 2.00. The Kier molecular flexibility index (Phi) is 4.88. The SMILES string of the molecule is OCC1=C(Br)C(Br)=CC(Br)(CO)C1Br. The second kappa shape index (κ2) is 5.10. The molecule has 0 aromatic carbocycles. The summed E-state index contributed by atoms with van der Waals surface area (Å²) in [5, 5.41) is 18.5. The summed E-state index contributed by atoms with van der Waals surface area (Å²) < 4.78 is 1.08. The van der Waals surface area contributed by atoms with Crippen LogP contribution >= 0.6 is 63.7 Å². The number of aliphatic hydroxyl groups excluding tert-OH is 2. The van der Waals surface area contributed by atoms with Gasteiger partial charge in [0, 0.05) is 8.96 Å². The molecule has 0 aliphatic heterocycles. The van der Waals surface area contributed by atoms with E-state index in [0.29, 0.717) is 0 Å². The Balaban J connectivity index is 3.17. The Morgan fingerprint density at radius 1 is 1.36 bits per heavy atom. The number of hydrogen-bond acceptors (Lipinski definition) is 2. The van der Waals surface area contributed by atoms with Gasteiger partial charge in [-0.25, -0.2) is 0 Å². The molecule has 6 heteroatoms. The summed E-state index contributed by atoms with van der Waals surface area (Å²) in [5.74, 6) is 0. The first-order chi connectivity index (χ1) is 6.46. The summed E-state index contributed by atoms with van der Waals surface area (Å²) in [6, 6.07) is 0. The molecule has 2 nitrogen and oxygen atoms in total. The second-order valence-corrected chi connectivity index (χ2v) is 6.98. The molecule has 0 saturated heterocycles. The first-order valence-corrected chi connectivity index (χ1v) is 7.07. The van der Waals surface area contributed by atoms with Crippen molar-refractivity contribution in [3.05, 3.63) is 20.6 Å². The molecular weight excluding hydrogens is 448 g/mol. The molecule has 80 valence electrons. The minimum atomic E-state index is -0.568. The van der Waals surface area contributed by atoms with E-state index >= 15 is 0 Å². The average Bonchev–Trinajstić information content (AvgIpc) is 2.16. The van der Waals surface area contributed by atoms with Crippen LogP contribution in [0.3, 0.4) is 0 Å². The van der Waals surface area contributed by atoms with Crippen LogP contribution < -0.4 is 0 Å². The number of aliphatic hydroxyl groups is 2. The highest BCUT2D eigenvalue weighted by atomic mass is 79.9. The van der Waals surface area contributed by atoms with E-state index in [1.54, 1.807) is 0 Å². The third kappa shape index (κ3) is 2.35. The van der Waals surface area contributed by atoms with Crippen LogP contribution in [-0.2, 0) is 0 Å². The molecular formula is C8H8Br4O2. The fourth-order valence-corrected chi connectivity index (χ4v) is 4.08. The molecule has 14 heavy (non-hydrogen) atoms. The molecule has 0 bridgehead atoms. The van der Waals surface area contributed by atoms with Crippen molar-refractivity contribution >= 4 is 63.7 Å². The summed E-state index contributed by atoms with van der Waals surface area (Å²) in [4.78, 5) is -0.138. The zero-order valence-corrected chi connectivity index (χ0v) is 13.3. The number of allylic oxidation sites excluding steroid dienone is 2. The summed E-state index contributed by atoms with van der Waals surface area (Å²) >= 11 is 13.6. The minimum Gasteiger partial charge on any atom is -0.395 e. The second-order valence-electron chi connectivity index (χ2n) is 2.94. The Hall–Kier alpha value is 1.32. The van der Waals surface area contributed by atoms with E-state index in [2.05, 4.69) is 63.7 Å². The summed E-state index contributed by atoms with van der Waals surface area (Å²) in [6.07, 6.45) is 1.86. The monoisotopic (exact) mass is 452 g/mol. The molecule has 0 aromatic heterocycles. The standard InChI is InChI=1S/C8H8Br4O2/c9-5-1-8(12,3-14)7(11)4(2-13)6(5)10/h1,7,13-14H,2-3H2. The highest BCUT2D eigenvalue weighted by molar-refractivity contribution is 9.15. The lowest BCUT2D eigenvalue weighted by atomic mass is 9.95. The summed E-state index contributed by atoms with van der Waals surface area (Å²) in [6.45, 7) is -0.116. The van der Waals surface area contributed by atoms with Gasteiger partial charge in [0.1, 0.15) is 0 Å². The van der Waals surface area contributed by atoms with E-state index in [1.165, 1.54) is 0 Å². The third-order valence-corrected chi connectivity index (χ3v) is 7.01. The van der Waals surface area contributed by atoms with E-state index < -0.39 is 4.32 Å². The van der Waals surface area contributed by atoms with Crippen LogP contribution in [0.15, 0.2) is 20.6 Å². The molecule has 1 aliphatic carbocycles. The normalized spacial score (nSPS) is 33.3. The van der Waals surface area contributed by atoms with Crippen molar-refractivity contribution < 1.29 is 10.2 Å². The van der Waals surface area contributed by atoms with Gasteiger partial charge >= 0.3 is 0 Å². The number of hydrogen-bond donors (Lipinski definition) is 2.